The topological polar surface area (TPSA) is 32.3 Å². The van der Waals surface area contributed by atoms with E-state index < -0.39 is 0 Å². The summed E-state index contributed by atoms with van der Waals surface area (Å²) in [6.07, 6.45) is 3.36. The standard InChI is InChI=1S/C13H24N2O/c1-5-11-14-13(6-7-13)12(16)15(11)8-10(4)9(2)3/h9-11,14H,5-8H2,1-4H3. The monoisotopic (exact) mass is 224 g/mol. The third-order valence-corrected chi connectivity index (χ3v) is 4.25. The summed E-state index contributed by atoms with van der Waals surface area (Å²) in [5, 5.41) is 3.51. The van der Waals surface area contributed by atoms with Gasteiger partial charge in [0.05, 0.1) is 11.7 Å². The van der Waals surface area contributed by atoms with Gasteiger partial charge in [-0.1, -0.05) is 27.7 Å². The molecule has 3 heteroatoms. The molecule has 0 radical (unpaired) electrons. The van der Waals surface area contributed by atoms with Crippen molar-refractivity contribution in [2.45, 2.75) is 58.7 Å². The number of nitrogens with zero attached hydrogens (tertiary/aromatic N) is 1. The minimum atomic E-state index is -0.141. The summed E-state index contributed by atoms with van der Waals surface area (Å²) in [6, 6.07) is 0. The zero-order valence-corrected chi connectivity index (χ0v) is 10.9. The van der Waals surface area contributed by atoms with E-state index in [1.807, 2.05) is 0 Å². The molecule has 1 N–H and O–H groups in total. The van der Waals surface area contributed by atoms with Gasteiger partial charge in [-0.25, -0.2) is 0 Å². The molecule has 0 aromatic heterocycles. The second-order valence-electron chi connectivity index (χ2n) is 5.83. The number of hydrogen-bond donors (Lipinski definition) is 1. The largest absolute Gasteiger partial charge is 0.325 e. The van der Waals surface area contributed by atoms with Gasteiger partial charge < -0.3 is 4.90 Å². The molecule has 0 aromatic carbocycles. The molecule has 2 unspecified atom stereocenters. The highest BCUT2D eigenvalue weighted by Crippen LogP contribution is 2.42. The zero-order chi connectivity index (χ0) is 11.9. The lowest BCUT2D eigenvalue weighted by Crippen LogP contribution is -2.40. The molecule has 1 amide bonds. The smallest absolute Gasteiger partial charge is 0.244 e. The number of carbonyl (C=O) groups is 1. The Morgan fingerprint density at radius 3 is 2.50 bits per heavy atom. The van der Waals surface area contributed by atoms with E-state index in [9.17, 15) is 4.79 Å². The zero-order valence-electron chi connectivity index (χ0n) is 10.9. The van der Waals surface area contributed by atoms with E-state index >= 15 is 0 Å². The average molecular weight is 224 g/mol. The van der Waals surface area contributed by atoms with Crippen LogP contribution in [0.1, 0.15) is 47.0 Å². The Bertz CT molecular complexity index is 284. The Hall–Kier alpha value is -0.570. The van der Waals surface area contributed by atoms with Gasteiger partial charge in [-0.15, -0.1) is 0 Å². The molecule has 2 atom stereocenters. The van der Waals surface area contributed by atoms with Crippen LogP contribution in [0.2, 0.25) is 0 Å². The van der Waals surface area contributed by atoms with Crippen molar-refractivity contribution in [1.29, 1.82) is 0 Å². The molecule has 1 spiro atoms. The number of rotatable bonds is 4. The van der Waals surface area contributed by atoms with E-state index in [2.05, 4.69) is 37.9 Å². The molecule has 1 heterocycles. The van der Waals surface area contributed by atoms with E-state index in [1.165, 1.54) is 0 Å². The average Bonchev–Trinajstić information content (AvgIpc) is 2.97. The number of carbonyl (C=O) groups excluding carboxylic acids is 1. The van der Waals surface area contributed by atoms with E-state index in [4.69, 9.17) is 0 Å². The van der Waals surface area contributed by atoms with Crippen LogP contribution in [0.4, 0.5) is 0 Å². The molecular weight excluding hydrogens is 200 g/mol. The predicted octanol–water partition coefficient (Wildman–Crippen LogP) is 1.98. The fourth-order valence-electron chi connectivity index (χ4n) is 2.41. The SMILES string of the molecule is CCC1NC2(CC2)C(=O)N1CC(C)C(C)C. The lowest BCUT2D eigenvalue weighted by molar-refractivity contribution is -0.131. The summed E-state index contributed by atoms with van der Waals surface area (Å²) in [4.78, 5) is 14.4. The molecule has 1 saturated heterocycles. The maximum Gasteiger partial charge on any atom is 0.244 e. The minimum absolute atomic E-state index is 0.141. The lowest BCUT2D eigenvalue weighted by atomic mass is 9.97. The first kappa shape index (κ1) is 11.9. The van der Waals surface area contributed by atoms with Crippen LogP contribution in [-0.4, -0.2) is 29.1 Å². The summed E-state index contributed by atoms with van der Waals surface area (Å²) in [7, 11) is 0. The van der Waals surface area contributed by atoms with Gasteiger partial charge in [0, 0.05) is 6.54 Å². The third-order valence-electron chi connectivity index (χ3n) is 4.25. The molecule has 0 bridgehead atoms. The lowest BCUT2D eigenvalue weighted by Gasteiger charge is -2.28. The van der Waals surface area contributed by atoms with E-state index in [-0.39, 0.29) is 11.7 Å². The van der Waals surface area contributed by atoms with Crippen LogP contribution in [-0.2, 0) is 4.79 Å². The molecule has 1 saturated carbocycles. The fraction of sp³-hybridized carbons (Fsp3) is 0.923. The van der Waals surface area contributed by atoms with Crippen molar-refractivity contribution < 1.29 is 4.79 Å². The molecule has 92 valence electrons. The molecule has 2 rings (SSSR count). The molecular formula is C13H24N2O. The summed E-state index contributed by atoms with van der Waals surface area (Å²) >= 11 is 0. The molecule has 2 aliphatic rings. The Morgan fingerprint density at radius 2 is 2.06 bits per heavy atom. The number of nitrogens with one attached hydrogen (secondary N) is 1. The molecule has 1 aliphatic carbocycles. The number of hydrogen-bond acceptors (Lipinski definition) is 2. The highest BCUT2D eigenvalue weighted by Gasteiger charge is 2.58. The van der Waals surface area contributed by atoms with Crippen LogP contribution in [0.3, 0.4) is 0 Å². The summed E-state index contributed by atoms with van der Waals surface area (Å²) in [5.41, 5.74) is -0.141. The number of amides is 1. The highest BCUT2D eigenvalue weighted by molar-refractivity contribution is 5.91. The van der Waals surface area contributed by atoms with Gasteiger partial charge in [0.15, 0.2) is 0 Å². The molecule has 16 heavy (non-hydrogen) atoms. The Kier molecular flexibility index (Phi) is 2.99. The third kappa shape index (κ3) is 1.86. The minimum Gasteiger partial charge on any atom is -0.325 e. The van der Waals surface area contributed by atoms with Gasteiger partial charge in [-0.2, -0.15) is 0 Å². The summed E-state index contributed by atoms with van der Waals surface area (Å²) in [6.45, 7) is 9.75. The second-order valence-corrected chi connectivity index (χ2v) is 5.83. The Morgan fingerprint density at radius 1 is 1.44 bits per heavy atom. The molecule has 1 aliphatic heterocycles. The highest BCUT2D eigenvalue weighted by atomic mass is 16.2. The maximum atomic E-state index is 12.3. The second kappa shape index (κ2) is 4.02. The van der Waals surface area contributed by atoms with Gasteiger partial charge in [0.2, 0.25) is 5.91 Å². The van der Waals surface area contributed by atoms with E-state index in [0.717, 1.165) is 25.8 Å². The van der Waals surface area contributed by atoms with Crippen molar-refractivity contribution in [3.8, 4) is 0 Å². The molecule has 0 aromatic rings. The van der Waals surface area contributed by atoms with Crippen molar-refractivity contribution in [2.24, 2.45) is 11.8 Å². The van der Waals surface area contributed by atoms with Gasteiger partial charge in [-0.05, 0) is 31.1 Å². The van der Waals surface area contributed by atoms with E-state index in [0.29, 0.717) is 17.7 Å². The first-order chi connectivity index (χ1) is 7.50. The van der Waals surface area contributed by atoms with Crippen LogP contribution >= 0.6 is 0 Å². The first-order valence-corrected chi connectivity index (χ1v) is 6.59. The predicted molar refractivity (Wildman–Crippen MR) is 64.9 cm³/mol. The van der Waals surface area contributed by atoms with Gasteiger partial charge >= 0.3 is 0 Å². The fourth-order valence-corrected chi connectivity index (χ4v) is 2.41. The van der Waals surface area contributed by atoms with Gasteiger partial charge in [0.1, 0.15) is 0 Å². The van der Waals surface area contributed by atoms with Crippen molar-refractivity contribution in [1.82, 2.24) is 10.2 Å². The van der Waals surface area contributed by atoms with E-state index in [1.54, 1.807) is 0 Å². The van der Waals surface area contributed by atoms with Crippen LogP contribution in [0.5, 0.6) is 0 Å². The quantitative estimate of drug-likeness (QED) is 0.792. The van der Waals surface area contributed by atoms with Crippen molar-refractivity contribution in [3.05, 3.63) is 0 Å². The summed E-state index contributed by atoms with van der Waals surface area (Å²) in [5.74, 6) is 1.57. The normalized spacial score (nSPS) is 29.2. The van der Waals surface area contributed by atoms with Crippen molar-refractivity contribution in [3.63, 3.8) is 0 Å². The van der Waals surface area contributed by atoms with Crippen molar-refractivity contribution in [2.75, 3.05) is 6.54 Å². The van der Waals surface area contributed by atoms with Crippen LogP contribution in [0.15, 0.2) is 0 Å². The van der Waals surface area contributed by atoms with Gasteiger partial charge in [0.25, 0.3) is 0 Å². The Labute approximate surface area is 98.6 Å². The van der Waals surface area contributed by atoms with Crippen LogP contribution in [0, 0.1) is 11.8 Å². The Balaban J connectivity index is 2.04. The molecule has 2 fully saturated rings. The summed E-state index contributed by atoms with van der Waals surface area (Å²) < 4.78 is 0. The molecule has 3 nitrogen and oxygen atoms in total. The maximum absolute atomic E-state index is 12.3. The van der Waals surface area contributed by atoms with Crippen LogP contribution < -0.4 is 5.32 Å². The van der Waals surface area contributed by atoms with Gasteiger partial charge in [-0.3, -0.25) is 10.1 Å². The van der Waals surface area contributed by atoms with Crippen molar-refractivity contribution >= 4 is 5.91 Å². The first-order valence-electron chi connectivity index (χ1n) is 6.59. The van der Waals surface area contributed by atoms with Crippen LogP contribution in [0.25, 0.3) is 0 Å².